The van der Waals surface area contributed by atoms with E-state index in [-0.39, 0.29) is 14.8 Å². The molecule has 1 aromatic rings. The van der Waals surface area contributed by atoms with Gasteiger partial charge in [0, 0.05) is 4.91 Å². The first-order valence-corrected chi connectivity index (χ1v) is 13.1. The molecule has 142 valence electrons. The fourth-order valence-corrected chi connectivity index (χ4v) is 5.72. The van der Waals surface area contributed by atoms with Crippen molar-refractivity contribution in [3.63, 3.8) is 0 Å². The van der Waals surface area contributed by atoms with Gasteiger partial charge in [-0.15, -0.1) is 0 Å². The quantitative estimate of drug-likeness (QED) is 0.297. The molecule has 1 aliphatic carbocycles. The van der Waals surface area contributed by atoms with Gasteiger partial charge in [0.05, 0.1) is 21.9 Å². The average molecular weight is 394 g/mol. The van der Waals surface area contributed by atoms with Crippen LogP contribution in [0.4, 0.5) is 0 Å². The second-order valence-electron chi connectivity index (χ2n) is 8.07. The van der Waals surface area contributed by atoms with Crippen molar-refractivity contribution in [3.8, 4) is 0 Å². The molecular weight excluding hydrogens is 366 g/mol. The van der Waals surface area contributed by atoms with Crippen molar-refractivity contribution in [2.24, 2.45) is 5.11 Å². The van der Waals surface area contributed by atoms with E-state index in [9.17, 15) is 8.42 Å². The van der Waals surface area contributed by atoms with Gasteiger partial charge in [0.1, 0.15) is 0 Å². The molecule has 0 aromatic heterocycles. The third kappa shape index (κ3) is 4.20. The van der Waals surface area contributed by atoms with Gasteiger partial charge in [0.15, 0.2) is 8.32 Å². The second-order valence-corrected chi connectivity index (χ2v) is 14.8. The van der Waals surface area contributed by atoms with Gasteiger partial charge >= 0.3 is 0 Å². The zero-order valence-electron chi connectivity index (χ0n) is 16.0. The number of nitrogens with zero attached hydrogens (tertiary/aromatic N) is 3. The molecule has 0 heterocycles. The summed E-state index contributed by atoms with van der Waals surface area (Å²) in [5.74, 6) is 0. The molecule has 0 bridgehead atoms. The highest BCUT2D eigenvalue weighted by molar-refractivity contribution is 7.95. The van der Waals surface area contributed by atoms with E-state index in [0.717, 1.165) is 0 Å². The molecule has 2 rings (SSSR count). The number of benzene rings is 1. The standard InChI is InChI=1S/C18H27N3O3SSi/c1-18(2,3)26(4,5)24-15-12-9-13-16(17(15)20-21-19)25(22,23)14-10-7-6-8-11-14/h6-8,10-11,13,15,17H,9,12H2,1-5H3/t15-,17+/m1/s1. The van der Waals surface area contributed by atoms with Gasteiger partial charge in [-0.2, -0.15) is 0 Å². The molecule has 0 fully saturated rings. The van der Waals surface area contributed by atoms with Crippen molar-refractivity contribution in [1.82, 2.24) is 0 Å². The Morgan fingerprint density at radius 3 is 2.38 bits per heavy atom. The van der Waals surface area contributed by atoms with Crippen LogP contribution in [-0.4, -0.2) is 28.9 Å². The van der Waals surface area contributed by atoms with Crippen LogP contribution in [0.5, 0.6) is 0 Å². The normalized spacial score (nSPS) is 21.7. The van der Waals surface area contributed by atoms with Gasteiger partial charge in [0.25, 0.3) is 0 Å². The van der Waals surface area contributed by atoms with Gasteiger partial charge in [-0.3, -0.25) is 0 Å². The second kappa shape index (κ2) is 7.56. The molecule has 0 aliphatic heterocycles. The summed E-state index contributed by atoms with van der Waals surface area (Å²) in [4.78, 5) is 3.27. The summed E-state index contributed by atoms with van der Waals surface area (Å²) in [5.41, 5.74) is 9.04. The first-order valence-electron chi connectivity index (χ1n) is 8.73. The summed E-state index contributed by atoms with van der Waals surface area (Å²) in [6, 6.07) is 7.41. The SMILES string of the molecule is CC(C)(C)[Si](C)(C)O[C@@H]1CCC=C(S(=O)(=O)c2ccccc2)[C@H]1N=[N+]=[N-]. The molecule has 26 heavy (non-hydrogen) atoms. The van der Waals surface area contributed by atoms with Crippen LogP contribution < -0.4 is 0 Å². The Hall–Kier alpha value is -1.60. The highest BCUT2D eigenvalue weighted by Gasteiger charge is 2.43. The number of rotatable bonds is 5. The van der Waals surface area contributed by atoms with Crippen LogP contribution in [0.1, 0.15) is 33.6 Å². The van der Waals surface area contributed by atoms with E-state index < -0.39 is 30.3 Å². The minimum absolute atomic E-state index is 0.0203. The molecule has 0 unspecified atom stereocenters. The molecular formula is C18H27N3O3SSi. The van der Waals surface area contributed by atoms with Crippen LogP contribution in [0.3, 0.4) is 0 Å². The number of allylic oxidation sites excluding steroid dienone is 1. The Morgan fingerprint density at radius 2 is 1.85 bits per heavy atom. The molecule has 6 nitrogen and oxygen atoms in total. The van der Waals surface area contributed by atoms with Crippen LogP contribution in [0.25, 0.3) is 10.4 Å². The van der Waals surface area contributed by atoms with Crippen molar-refractivity contribution in [3.05, 3.63) is 51.8 Å². The topological polar surface area (TPSA) is 92.1 Å². The predicted octanol–water partition coefficient (Wildman–Crippen LogP) is 5.21. The van der Waals surface area contributed by atoms with Gasteiger partial charge in [-0.1, -0.05) is 50.2 Å². The minimum Gasteiger partial charge on any atom is -0.413 e. The summed E-state index contributed by atoms with van der Waals surface area (Å²) in [7, 11) is -5.86. The Morgan fingerprint density at radius 1 is 1.23 bits per heavy atom. The smallest absolute Gasteiger partial charge is 0.202 e. The number of sulfone groups is 1. The lowest BCUT2D eigenvalue weighted by Gasteiger charge is -2.42. The van der Waals surface area contributed by atoms with E-state index in [4.69, 9.17) is 9.96 Å². The molecule has 1 aliphatic rings. The lowest BCUT2D eigenvalue weighted by atomic mass is 10.00. The maximum atomic E-state index is 13.1. The van der Waals surface area contributed by atoms with E-state index in [1.165, 1.54) is 0 Å². The first-order chi connectivity index (χ1) is 12.0. The molecule has 0 saturated heterocycles. The zero-order chi connectivity index (χ0) is 19.6. The molecule has 8 heteroatoms. The summed E-state index contributed by atoms with van der Waals surface area (Å²) in [6.07, 6.45) is 2.47. The Bertz CT molecular complexity index is 823. The molecule has 2 atom stereocenters. The minimum atomic E-state index is -3.73. The summed E-state index contributed by atoms with van der Waals surface area (Å²) < 4.78 is 32.6. The van der Waals surface area contributed by atoms with Crippen LogP contribution in [0.2, 0.25) is 18.1 Å². The predicted molar refractivity (Wildman–Crippen MR) is 106 cm³/mol. The van der Waals surface area contributed by atoms with Crippen LogP contribution in [0, 0.1) is 0 Å². The lowest BCUT2D eigenvalue weighted by molar-refractivity contribution is 0.152. The Labute approximate surface area is 156 Å². The van der Waals surface area contributed by atoms with Gasteiger partial charge in [-0.05, 0) is 48.6 Å². The van der Waals surface area contributed by atoms with E-state index in [1.807, 2.05) is 0 Å². The Balaban J connectivity index is 2.43. The van der Waals surface area contributed by atoms with Gasteiger partial charge < -0.3 is 4.43 Å². The van der Waals surface area contributed by atoms with Crippen molar-refractivity contribution >= 4 is 18.2 Å². The lowest BCUT2D eigenvalue weighted by Crippen LogP contribution is -2.48. The molecule has 0 N–H and O–H groups in total. The summed E-state index contributed by atoms with van der Waals surface area (Å²) >= 11 is 0. The third-order valence-corrected chi connectivity index (χ3v) is 11.7. The molecule has 1 aromatic carbocycles. The van der Waals surface area contributed by atoms with E-state index in [2.05, 4.69) is 43.9 Å². The van der Waals surface area contributed by atoms with Crippen molar-refractivity contribution in [2.75, 3.05) is 0 Å². The van der Waals surface area contributed by atoms with E-state index in [1.54, 1.807) is 36.4 Å². The highest BCUT2D eigenvalue weighted by Crippen LogP contribution is 2.40. The Kier molecular flexibility index (Phi) is 6.02. The zero-order valence-corrected chi connectivity index (χ0v) is 17.8. The average Bonchev–Trinajstić information content (AvgIpc) is 2.56. The molecule has 0 amide bonds. The van der Waals surface area contributed by atoms with Crippen LogP contribution in [0.15, 0.2) is 51.3 Å². The van der Waals surface area contributed by atoms with E-state index in [0.29, 0.717) is 12.8 Å². The fourth-order valence-electron chi connectivity index (χ4n) is 2.72. The van der Waals surface area contributed by atoms with E-state index >= 15 is 0 Å². The van der Waals surface area contributed by atoms with Gasteiger partial charge in [-0.25, -0.2) is 8.42 Å². The monoisotopic (exact) mass is 393 g/mol. The fraction of sp³-hybridized carbons (Fsp3) is 0.556. The third-order valence-electron chi connectivity index (χ3n) is 5.23. The van der Waals surface area contributed by atoms with Crippen molar-refractivity contribution in [1.29, 1.82) is 0 Å². The molecule has 0 saturated carbocycles. The summed E-state index contributed by atoms with van der Waals surface area (Å²) in [6.45, 7) is 10.6. The van der Waals surface area contributed by atoms with Crippen LogP contribution in [-0.2, 0) is 14.3 Å². The summed E-state index contributed by atoms with van der Waals surface area (Å²) in [5, 5.41) is 3.81. The maximum absolute atomic E-state index is 13.1. The number of azide groups is 1. The highest BCUT2D eigenvalue weighted by atomic mass is 32.2. The van der Waals surface area contributed by atoms with Crippen molar-refractivity contribution < 1.29 is 12.8 Å². The maximum Gasteiger partial charge on any atom is 0.202 e. The largest absolute Gasteiger partial charge is 0.413 e. The number of hydrogen-bond donors (Lipinski definition) is 0. The molecule has 0 radical (unpaired) electrons. The molecule has 0 spiro atoms. The van der Waals surface area contributed by atoms with Gasteiger partial charge in [0.2, 0.25) is 9.84 Å². The van der Waals surface area contributed by atoms with Crippen LogP contribution >= 0.6 is 0 Å². The first kappa shape index (κ1) is 20.7. The van der Waals surface area contributed by atoms with Crippen molar-refractivity contribution in [2.45, 2.75) is 68.8 Å². The number of hydrogen-bond acceptors (Lipinski definition) is 4.